The molecular weight excluding hydrogens is 288 g/mol. The molecule has 0 aromatic carbocycles. The summed E-state index contributed by atoms with van der Waals surface area (Å²) in [6, 6.07) is 0.284. The summed E-state index contributed by atoms with van der Waals surface area (Å²) in [5.41, 5.74) is 5.67. The van der Waals surface area contributed by atoms with Crippen LogP contribution in [-0.4, -0.2) is 35.7 Å². The van der Waals surface area contributed by atoms with Crippen LogP contribution in [0, 0.1) is 11.3 Å². The predicted octanol–water partition coefficient (Wildman–Crippen LogP) is 3.77. The first-order valence-electron chi connectivity index (χ1n) is 9.48. The molecule has 23 heavy (non-hydrogen) atoms. The molecule has 1 saturated carbocycles. The van der Waals surface area contributed by atoms with E-state index in [9.17, 15) is 9.59 Å². The van der Waals surface area contributed by atoms with Gasteiger partial charge in [0.2, 0.25) is 5.91 Å². The number of rotatable bonds is 2. The molecule has 0 radical (unpaired) electrons. The molecule has 1 aliphatic heterocycles. The summed E-state index contributed by atoms with van der Waals surface area (Å²) in [7, 11) is 0. The quantitative estimate of drug-likeness (QED) is 0.840. The Morgan fingerprint density at radius 2 is 1.39 bits per heavy atom. The molecule has 0 spiro atoms. The monoisotopic (exact) mass is 326 g/mol. The Morgan fingerprint density at radius 1 is 0.957 bits per heavy atom. The number of carbonyl (C=O) groups excluding carboxylic acids is 2. The van der Waals surface area contributed by atoms with Crippen molar-refractivity contribution in [2.75, 3.05) is 13.1 Å². The topological polar surface area (TPSA) is 63.4 Å². The Balaban J connectivity index is 0.00000112. The summed E-state index contributed by atoms with van der Waals surface area (Å²) in [4.78, 5) is 26.0. The van der Waals surface area contributed by atoms with Gasteiger partial charge in [-0.3, -0.25) is 9.59 Å². The number of amides is 1. The number of piperidine rings is 1. The van der Waals surface area contributed by atoms with E-state index in [1.54, 1.807) is 6.92 Å². The number of carbonyl (C=O) groups is 2. The van der Waals surface area contributed by atoms with E-state index in [-0.39, 0.29) is 29.1 Å². The summed E-state index contributed by atoms with van der Waals surface area (Å²) in [5, 5.41) is 0. The lowest BCUT2D eigenvalue weighted by Crippen LogP contribution is -2.47. The van der Waals surface area contributed by atoms with E-state index in [0.717, 1.165) is 51.6 Å². The molecular formula is C19H38N2O2. The number of hydrogen-bond donors (Lipinski definition) is 1. The normalized spacial score (nSPS) is 26.1. The second-order valence-electron chi connectivity index (χ2n) is 6.55. The molecule has 2 fully saturated rings. The van der Waals surface area contributed by atoms with E-state index < -0.39 is 0 Å². The maximum Gasteiger partial charge on any atom is 0.225 e. The van der Waals surface area contributed by atoms with Gasteiger partial charge in [-0.15, -0.1) is 0 Å². The second kappa shape index (κ2) is 10.8. The number of ketones is 1. The number of Topliss-reactive ketones (excluding diaryl/α,β-unsaturated/α-hetero) is 1. The zero-order valence-corrected chi connectivity index (χ0v) is 16.2. The minimum Gasteiger partial charge on any atom is -0.342 e. The van der Waals surface area contributed by atoms with E-state index in [0.29, 0.717) is 0 Å². The Hall–Kier alpha value is -0.900. The number of nitrogens with zero attached hydrogens (tertiary/aromatic N) is 1. The minimum absolute atomic E-state index is 0.168. The van der Waals surface area contributed by atoms with E-state index in [4.69, 9.17) is 5.73 Å². The van der Waals surface area contributed by atoms with Gasteiger partial charge in [-0.25, -0.2) is 0 Å². The van der Waals surface area contributed by atoms with Gasteiger partial charge in [-0.2, -0.15) is 0 Å². The van der Waals surface area contributed by atoms with Crippen molar-refractivity contribution in [3.05, 3.63) is 0 Å². The van der Waals surface area contributed by atoms with Gasteiger partial charge in [-0.1, -0.05) is 34.6 Å². The van der Waals surface area contributed by atoms with Crippen LogP contribution in [0.2, 0.25) is 0 Å². The first-order valence-corrected chi connectivity index (χ1v) is 9.48. The Bertz CT molecular complexity index is 352. The third-order valence-electron chi connectivity index (χ3n) is 5.15. The summed E-state index contributed by atoms with van der Waals surface area (Å²) >= 11 is 0. The van der Waals surface area contributed by atoms with E-state index in [1.165, 1.54) is 0 Å². The van der Waals surface area contributed by atoms with Crippen LogP contribution in [0.15, 0.2) is 0 Å². The molecule has 0 atom stereocenters. The van der Waals surface area contributed by atoms with Gasteiger partial charge in [0.1, 0.15) is 5.78 Å². The summed E-state index contributed by atoms with van der Waals surface area (Å²) in [5.74, 6) is 0.710. The molecule has 1 heterocycles. The summed E-state index contributed by atoms with van der Waals surface area (Å²) < 4.78 is 0. The fourth-order valence-corrected chi connectivity index (χ4v) is 3.20. The smallest absolute Gasteiger partial charge is 0.225 e. The van der Waals surface area contributed by atoms with Gasteiger partial charge in [0.05, 0.1) is 0 Å². The molecule has 4 nitrogen and oxygen atoms in total. The van der Waals surface area contributed by atoms with E-state index in [1.807, 2.05) is 39.5 Å². The van der Waals surface area contributed by atoms with Gasteiger partial charge >= 0.3 is 0 Å². The van der Waals surface area contributed by atoms with Gasteiger partial charge in [0.15, 0.2) is 0 Å². The fourth-order valence-electron chi connectivity index (χ4n) is 3.20. The second-order valence-corrected chi connectivity index (χ2v) is 6.55. The first-order chi connectivity index (χ1) is 10.9. The Kier molecular flexibility index (Phi) is 10.4. The van der Waals surface area contributed by atoms with Crippen molar-refractivity contribution in [3.63, 3.8) is 0 Å². The van der Waals surface area contributed by atoms with Crippen LogP contribution in [0.25, 0.3) is 0 Å². The van der Waals surface area contributed by atoms with Crippen molar-refractivity contribution in [1.82, 2.24) is 4.90 Å². The summed E-state index contributed by atoms with van der Waals surface area (Å²) in [6.07, 6.45) is 5.41. The molecule has 136 valence electrons. The van der Waals surface area contributed by atoms with E-state index >= 15 is 0 Å². The molecule has 0 bridgehead atoms. The standard InChI is InChI=1S/C15H26N2O2.2C2H6/c1-11(18)15(2)7-9-17(10-8-15)14(19)12-3-5-13(16)6-4-12;2*1-2/h12-13H,3-10,16H2,1-2H3;2*1-2H3. The molecule has 1 saturated heterocycles. The van der Waals surface area contributed by atoms with Crippen molar-refractivity contribution in [2.45, 2.75) is 86.1 Å². The Labute approximate surface area is 143 Å². The highest BCUT2D eigenvalue weighted by atomic mass is 16.2. The van der Waals surface area contributed by atoms with Gasteiger partial charge in [-0.05, 0) is 45.4 Å². The van der Waals surface area contributed by atoms with Gasteiger partial charge in [0, 0.05) is 30.5 Å². The third kappa shape index (κ3) is 6.25. The van der Waals surface area contributed by atoms with E-state index in [2.05, 4.69) is 0 Å². The lowest BCUT2D eigenvalue weighted by atomic mass is 9.76. The minimum atomic E-state index is -0.217. The maximum absolute atomic E-state index is 12.4. The molecule has 4 heteroatoms. The highest BCUT2D eigenvalue weighted by molar-refractivity contribution is 5.83. The summed E-state index contributed by atoms with van der Waals surface area (Å²) in [6.45, 7) is 13.2. The van der Waals surface area contributed by atoms with Gasteiger partial charge < -0.3 is 10.6 Å². The Morgan fingerprint density at radius 3 is 1.78 bits per heavy atom. The highest BCUT2D eigenvalue weighted by Crippen LogP contribution is 2.33. The molecule has 0 aromatic heterocycles. The van der Waals surface area contributed by atoms with Crippen LogP contribution in [0.5, 0.6) is 0 Å². The molecule has 1 aliphatic carbocycles. The fraction of sp³-hybridized carbons (Fsp3) is 0.895. The third-order valence-corrected chi connectivity index (χ3v) is 5.15. The SMILES string of the molecule is CC.CC.CC(=O)C1(C)CCN(C(=O)C2CCC(N)CC2)CC1. The van der Waals surface area contributed by atoms with Crippen LogP contribution in [0.3, 0.4) is 0 Å². The average Bonchev–Trinajstić information content (AvgIpc) is 2.59. The average molecular weight is 327 g/mol. The largest absolute Gasteiger partial charge is 0.342 e. The van der Waals surface area contributed by atoms with Crippen LogP contribution < -0.4 is 5.73 Å². The van der Waals surface area contributed by atoms with Crippen molar-refractivity contribution in [1.29, 1.82) is 0 Å². The lowest BCUT2D eigenvalue weighted by molar-refractivity contribution is -0.141. The van der Waals surface area contributed by atoms with Crippen molar-refractivity contribution in [3.8, 4) is 0 Å². The predicted molar refractivity (Wildman–Crippen MR) is 97.2 cm³/mol. The number of nitrogens with two attached hydrogens (primary N) is 1. The van der Waals surface area contributed by atoms with Crippen LogP contribution >= 0.6 is 0 Å². The van der Waals surface area contributed by atoms with Crippen molar-refractivity contribution >= 4 is 11.7 Å². The zero-order valence-electron chi connectivity index (χ0n) is 16.2. The molecule has 1 amide bonds. The van der Waals surface area contributed by atoms with Crippen molar-refractivity contribution < 1.29 is 9.59 Å². The van der Waals surface area contributed by atoms with Crippen LogP contribution in [0.4, 0.5) is 0 Å². The lowest BCUT2D eigenvalue weighted by Gasteiger charge is -2.39. The van der Waals surface area contributed by atoms with Gasteiger partial charge in [0.25, 0.3) is 0 Å². The zero-order chi connectivity index (χ0) is 18.0. The molecule has 2 aliphatic rings. The number of likely N-dealkylation sites (tertiary alicyclic amines) is 1. The molecule has 2 rings (SSSR count). The van der Waals surface area contributed by atoms with Crippen molar-refractivity contribution in [2.24, 2.45) is 17.1 Å². The molecule has 2 N–H and O–H groups in total. The first kappa shape index (κ1) is 22.1. The number of hydrogen-bond acceptors (Lipinski definition) is 3. The van der Waals surface area contributed by atoms with Crippen LogP contribution in [-0.2, 0) is 9.59 Å². The van der Waals surface area contributed by atoms with Crippen LogP contribution in [0.1, 0.15) is 80.1 Å². The maximum atomic E-state index is 12.4. The highest BCUT2D eigenvalue weighted by Gasteiger charge is 2.37. The molecule has 0 unspecified atom stereocenters. The molecule has 0 aromatic rings.